The van der Waals surface area contributed by atoms with Gasteiger partial charge < -0.3 is 14.8 Å². The zero-order valence-corrected chi connectivity index (χ0v) is 13.7. The Hall–Kier alpha value is -1.96. The van der Waals surface area contributed by atoms with Crippen molar-refractivity contribution in [2.75, 3.05) is 6.61 Å². The van der Waals surface area contributed by atoms with Gasteiger partial charge in [0.1, 0.15) is 10.3 Å². The maximum Gasteiger partial charge on any atom is 0.266 e. The number of hydrogen-bond donors (Lipinski definition) is 3. The zero-order chi connectivity index (χ0) is 16.2. The number of aliphatic hydroxyl groups is 1. The summed E-state index contributed by atoms with van der Waals surface area (Å²) in [6.45, 7) is 4.42. The average Bonchev–Trinajstić information content (AvgIpc) is 3.17. The highest BCUT2D eigenvalue weighted by molar-refractivity contribution is 7.22. The standard InChI is InChI=1S/C16H17N3O3S/c1-8(2)16(21)7-22-6-11-10-3-12(9-4-17-18-5-9)23-13(10)15(20)19-14(11)16/h3-5,8,21H,6-7H2,1-2H3,(H,17,18)(H,19,20). The van der Waals surface area contributed by atoms with Gasteiger partial charge in [0.2, 0.25) is 0 Å². The van der Waals surface area contributed by atoms with Crippen LogP contribution in [0.4, 0.5) is 0 Å². The number of pyridine rings is 1. The largest absolute Gasteiger partial charge is 0.381 e. The Labute approximate surface area is 136 Å². The second-order valence-electron chi connectivity index (χ2n) is 6.22. The summed E-state index contributed by atoms with van der Waals surface area (Å²) in [4.78, 5) is 16.4. The van der Waals surface area contributed by atoms with Crippen LogP contribution in [0.2, 0.25) is 0 Å². The molecule has 4 heterocycles. The molecule has 1 aliphatic rings. The molecular weight excluding hydrogens is 314 g/mol. The van der Waals surface area contributed by atoms with E-state index in [1.54, 1.807) is 12.4 Å². The summed E-state index contributed by atoms with van der Waals surface area (Å²) in [7, 11) is 0. The Kier molecular flexibility index (Phi) is 3.19. The summed E-state index contributed by atoms with van der Waals surface area (Å²) in [5.41, 5.74) is 1.06. The molecular formula is C16H17N3O3S. The van der Waals surface area contributed by atoms with Crippen molar-refractivity contribution in [1.29, 1.82) is 0 Å². The second-order valence-corrected chi connectivity index (χ2v) is 7.27. The van der Waals surface area contributed by atoms with E-state index in [1.165, 1.54) is 11.3 Å². The summed E-state index contributed by atoms with van der Waals surface area (Å²) >= 11 is 1.42. The minimum absolute atomic E-state index is 0.0679. The number of H-pyrrole nitrogens is 2. The third-order valence-corrected chi connectivity index (χ3v) is 5.73. The number of hydrogen-bond acceptors (Lipinski definition) is 5. The van der Waals surface area contributed by atoms with Gasteiger partial charge in [-0.1, -0.05) is 13.8 Å². The van der Waals surface area contributed by atoms with E-state index in [4.69, 9.17) is 4.74 Å². The average molecular weight is 331 g/mol. The van der Waals surface area contributed by atoms with Gasteiger partial charge in [0.25, 0.3) is 5.56 Å². The number of nitrogens with zero attached hydrogens (tertiary/aromatic N) is 1. The molecule has 0 saturated heterocycles. The van der Waals surface area contributed by atoms with Crippen LogP contribution in [0.1, 0.15) is 25.1 Å². The molecule has 3 N–H and O–H groups in total. The first-order chi connectivity index (χ1) is 11.0. The lowest BCUT2D eigenvalue weighted by molar-refractivity contribution is -0.104. The third-order valence-electron chi connectivity index (χ3n) is 4.54. The molecule has 7 heteroatoms. The summed E-state index contributed by atoms with van der Waals surface area (Å²) in [5, 5.41) is 18.6. The summed E-state index contributed by atoms with van der Waals surface area (Å²) in [6.07, 6.45) is 3.53. The Balaban J connectivity index is 2.01. The number of aromatic nitrogens is 3. The second kappa shape index (κ2) is 5.02. The monoisotopic (exact) mass is 331 g/mol. The smallest absolute Gasteiger partial charge is 0.266 e. The highest BCUT2D eigenvalue weighted by Crippen LogP contribution is 2.40. The lowest BCUT2D eigenvalue weighted by Gasteiger charge is -2.37. The Bertz CT molecular complexity index is 926. The summed E-state index contributed by atoms with van der Waals surface area (Å²) in [6, 6.07) is 1.98. The van der Waals surface area contributed by atoms with Crippen molar-refractivity contribution in [1.82, 2.24) is 15.2 Å². The predicted octanol–water partition coefficient (Wildman–Crippen LogP) is 2.35. The molecule has 1 unspecified atom stereocenters. The van der Waals surface area contributed by atoms with E-state index in [2.05, 4.69) is 15.2 Å². The first kappa shape index (κ1) is 14.6. The number of aromatic amines is 2. The van der Waals surface area contributed by atoms with E-state index in [9.17, 15) is 9.90 Å². The summed E-state index contributed by atoms with van der Waals surface area (Å²) < 4.78 is 6.28. The van der Waals surface area contributed by atoms with Crippen molar-refractivity contribution >= 4 is 21.4 Å². The quantitative estimate of drug-likeness (QED) is 0.672. The van der Waals surface area contributed by atoms with Crippen LogP contribution >= 0.6 is 11.3 Å². The minimum Gasteiger partial charge on any atom is -0.381 e. The molecule has 0 saturated carbocycles. The Morgan fingerprint density at radius 3 is 3.00 bits per heavy atom. The highest BCUT2D eigenvalue weighted by atomic mass is 32.1. The molecule has 6 nitrogen and oxygen atoms in total. The van der Waals surface area contributed by atoms with E-state index in [0.29, 0.717) is 17.0 Å². The van der Waals surface area contributed by atoms with Crippen LogP contribution in [-0.4, -0.2) is 26.9 Å². The van der Waals surface area contributed by atoms with Gasteiger partial charge in [-0.3, -0.25) is 9.89 Å². The molecule has 0 aliphatic carbocycles. The molecule has 0 spiro atoms. The molecule has 0 radical (unpaired) electrons. The van der Waals surface area contributed by atoms with Crippen molar-refractivity contribution in [2.24, 2.45) is 5.92 Å². The van der Waals surface area contributed by atoms with Crippen LogP contribution in [0.15, 0.2) is 23.3 Å². The Morgan fingerprint density at radius 2 is 2.30 bits per heavy atom. The van der Waals surface area contributed by atoms with E-state index in [0.717, 1.165) is 21.4 Å². The number of ether oxygens (including phenoxy) is 1. The van der Waals surface area contributed by atoms with E-state index in [1.807, 2.05) is 19.9 Å². The number of thiophene rings is 1. The predicted molar refractivity (Wildman–Crippen MR) is 88.4 cm³/mol. The zero-order valence-electron chi connectivity index (χ0n) is 12.8. The first-order valence-corrected chi connectivity index (χ1v) is 8.31. The van der Waals surface area contributed by atoms with Crippen LogP contribution < -0.4 is 5.56 Å². The van der Waals surface area contributed by atoms with Crippen LogP contribution in [0.3, 0.4) is 0 Å². The van der Waals surface area contributed by atoms with Crippen LogP contribution in [0.25, 0.3) is 20.5 Å². The van der Waals surface area contributed by atoms with Gasteiger partial charge in [-0.25, -0.2) is 0 Å². The molecule has 0 aromatic carbocycles. The van der Waals surface area contributed by atoms with Crippen molar-refractivity contribution < 1.29 is 9.84 Å². The van der Waals surface area contributed by atoms with Gasteiger partial charge in [0.05, 0.1) is 25.1 Å². The van der Waals surface area contributed by atoms with E-state index in [-0.39, 0.29) is 18.1 Å². The molecule has 0 bridgehead atoms. The van der Waals surface area contributed by atoms with E-state index < -0.39 is 5.60 Å². The SMILES string of the molecule is CC(C)C1(O)COCc2c1[nH]c(=O)c1sc(-c3cn[nH]c3)cc21. The van der Waals surface area contributed by atoms with Crippen LogP contribution in [0, 0.1) is 5.92 Å². The fourth-order valence-electron chi connectivity index (χ4n) is 3.05. The topological polar surface area (TPSA) is 91.0 Å². The molecule has 3 aromatic heterocycles. The van der Waals surface area contributed by atoms with E-state index >= 15 is 0 Å². The van der Waals surface area contributed by atoms with Crippen molar-refractivity contribution in [3.63, 3.8) is 0 Å². The summed E-state index contributed by atoms with van der Waals surface area (Å²) in [5.74, 6) is -0.0679. The van der Waals surface area contributed by atoms with Gasteiger partial charge in [0.15, 0.2) is 0 Å². The van der Waals surface area contributed by atoms with Gasteiger partial charge >= 0.3 is 0 Å². The number of fused-ring (bicyclic) bond motifs is 3. The van der Waals surface area contributed by atoms with Crippen LogP contribution in [-0.2, 0) is 16.9 Å². The normalized spacial score (nSPS) is 21.0. The number of rotatable bonds is 2. The lowest BCUT2D eigenvalue weighted by Crippen LogP contribution is -2.43. The highest BCUT2D eigenvalue weighted by Gasteiger charge is 2.40. The molecule has 23 heavy (non-hydrogen) atoms. The van der Waals surface area contributed by atoms with Gasteiger partial charge in [-0.2, -0.15) is 5.10 Å². The third kappa shape index (κ3) is 2.08. The maximum atomic E-state index is 12.5. The fourth-order valence-corrected chi connectivity index (χ4v) is 4.11. The Morgan fingerprint density at radius 1 is 1.48 bits per heavy atom. The maximum absolute atomic E-state index is 12.5. The lowest BCUT2D eigenvalue weighted by atomic mass is 9.83. The van der Waals surface area contributed by atoms with Crippen molar-refractivity contribution in [2.45, 2.75) is 26.1 Å². The molecule has 1 atom stereocenters. The fraction of sp³-hybridized carbons (Fsp3) is 0.375. The molecule has 0 fully saturated rings. The van der Waals surface area contributed by atoms with Crippen molar-refractivity contribution in [3.05, 3.63) is 40.1 Å². The van der Waals surface area contributed by atoms with Gasteiger partial charge in [0, 0.05) is 27.6 Å². The van der Waals surface area contributed by atoms with Gasteiger partial charge in [-0.05, 0) is 12.0 Å². The molecule has 0 amide bonds. The number of nitrogens with one attached hydrogen (secondary N) is 2. The van der Waals surface area contributed by atoms with Crippen molar-refractivity contribution in [3.8, 4) is 10.4 Å². The molecule has 120 valence electrons. The minimum atomic E-state index is -1.17. The molecule has 4 rings (SSSR count). The first-order valence-electron chi connectivity index (χ1n) is 7.49. The van der Waals surface area contributed by atoms with Gasteiger partial charge in [-0.15, -0.1) is 11.3 Å². The molecule has 3 aromatic rings. The molecule has 1 aliphatic heterocycles. The van der Waals surface area contributed by atoms with Crippen LogP contribution in [0.5, 0.6) is 0 Å².